The van der Waals surface area contributed by atoms with Crippen molar-refractivity contribution >= 4 is 18.3 Å². The molecule has 5 heteroatoms. The number of hydrogen-bond acceptors (Lipinski definition) is 3. The minimum absolute atomic E-state index is 0. The summed E-state index contributed by atoms with van der Waals surface area (Å²) in [5.74, 6) is 0.967. The summed E-state index contributed by atoms with van der Waals surface area (Å²) in [4.78, 5) is 16.8. The Kier molecular flexibility index (Phi) is 7.85. The van der Waals surface area contributed by atoms with Crippen LogP contribution in [-0.2, 0) is 4.79 Å². The van der Waals surface area contributed by atoms with Crippen molar-refractivity contribution in [3.05, 3.63) is 0 Å². The largest absolute Gasteiger partial charge is 0.341 e. The first kappa shape index (κ1) is 17.7. The van der Waals surface area contributed by atoms with E-state index in [4.69, 9.17) is 0 Å². The third-order valence-electron chi connectivity index (χ3n) is 4.75. The summed E-state index contributed by atoms with van der Waals surface area (Å²) in [7, 11) is 2.00. The van der Waals surface area contributed by atoms with E-state index in [1.165, 1.54) is 25.7 Å². The number of likely N-dealkylation sites (N-methyl/N-ethyl adjacent to an activating group) is 1. The van der Waals surface area contributed by atoms with Gasteiger partial charge in [0.1, 0.15) is 0 Å². The van der Waals surface area contributed by atoms with Crippen LogP contribution in [0.25, 0.3) is 0 Å². The lowest BCUT2D eigenvalue weighted by molar-refractivity contribution is -0.134. The molecule has 0 radical (unpaired) electrons. The molecular formula is C15H30ClN3O. The predicted octanol–water partition coefficient (Wildman–Crippen LogP) is 1.74. The molecule has 1 saturated heterocycles. The smallest absolute Gasteiger partial charge is 0.236 e. The first-order valence-corrected chi connectivity index (χ1v) is 7.87. The van der Waals surface area contributed by atoms with Crippen LogP contribution in [0.1, 0.15) is 39.0 Å². The van der Waals surface area contributed by atoms with Crippen molar-refractivity contribution in [3.8, 4) is 0 Å². The van der Waals surface area contributed by atoms with Gasteiger partial charge in [0, 0.05) is 26.2 Å². The fourth-order valence-corrected chi connectivity index (χ4v) is 3.42. The Hall–Kier alpha value is -0.320. The second-order valence-corrected chi connectivity index (χ2v) is 6.21. The fourth-order valence-electron chi connectivity index (χ4n) is 3.42. The molecule has 2 unspecified atom stereocenters. The van der Waals surface area contributed by atoms with Crippen molar-refractivity contribution in [2.75, 3.05) is 39.8 Å². The van der Waals surface area contributed by atoms with Gasteiger partial charge in [0.05, 0.1) is 6.54 Å². The topological polar surface area (TPSA) is 35.6 Å². The molecule has 2 fully saturated rings. The Morgan fingerprint density at radius 2 is 1.95 bits per heavy atom. The number of rotatable bonds is 3. The normalized spacial score (nSPS) is 28.3. The molecule has 0 aromatic rings. The highest BCUT2D eigenvalue weighted by Crippen LogP contribution is 2.27. The average molecular weight is 304 g/mol. The van der Waals surface area contributed by atoms with Gasteiger partial charge in [-0.2, -0.15) is 0 Å². The van der Waals surface area contributed by atoms with Gasteiger partial charge in [-0.1, -0.05) is 19.8 Å². The Labute approximate surface area is 129 Å². The summed E-state index contributed by atoms with van der Waals surface area (Å²) in [6.45, 7) is 7.04. The molecule has 118 valence electrons. The average Bonchev–Trinajstić information content (AvgIpc) is 2.67. The van der Waals surface area contributed by atoms with Crippen molar-refractivity contribution in [1.82, 2.24) is 15.1 Å². The Morgan fingerprint density at radius 1 is 1.20 bits per heavy atom. The van der Waals surface area contributed by atoms with Gasteiger partial charge in [0.25, 0.3) is 0 Å². The minimum Gasteiger partial charge on any atom is -0.341 e. The zero-order valence-corrected chi connectivity index (χ0v) is 13.8. The summed E-state index contributed by atoms with van der Waals surface area (Å²) in [5, 5.41) is 3.38. The van der Waals surface area contributed by atoms with Crippen molar-refractivity contribution in [3.63, 3.8) is 0 Å². The van der Waals surface area contributed by atoms with E-state index in [-0.39, 0.29) is 12.4 Å². The molecule has 2 aliphatic rings. The van der Waals surface area contributed by atoms with Gasteiger partial charge < -0.3 is 10.2 Å². The summed E-state index contributed by atoms with van der Waals surface area (Å²) in [5.41, 5.74) is 0. The number of nitrogens with one attached hydrogen (secondary N) is 1. The summed E-state index contributed by atoms with van der Waals surface area (Å²) >= 11 is 0. The predicted molar refractivity (Wildman–Crippen MR) is 85.4 cm³/mol. The number of carbonyl (C=O) groups excluding carboxylic acids is 1. The number of halogens is 1. The lowest BCUT2D eigenvalue weighted by Gasteiger charge is -2.37. The lowest BCUT2D eigenvalue weighted by Crippen LogP contribution is -2.47. The van der Waals surface area contributed by atoms with Crippen LogP contribution in [0.3, 0.4) is 0 Å². The fraction of sp³-hybridized carbons (Fsp3) is 0.933. The van der Waals surface area contributed by atoms with E-state index < -0.39 is 0 Å². The van der Waals surface area contributed by atoms with Crippen molar-refractivity contribution in [2.24, 2.45) is 5.92 Å². The highest BCUT2D eigenvalue weighted by atomic mass is 35.5. The van der Waals surface area contributed by atoms with Gasteiger partial charge >= 0.3 is 0 Å². The quantitative estimate of drug-likeness (QED) is 0.863. The van der Waals surface area contributed by atoms with Crippen LogP contribution in [0.2, 0.25) is 0 Å². The van der Waals surface area contributed by atoms with E-state index in [1.807, 2.05) is 11.9 Å². The van der Waals surface area contributed by atoms with Gasteiger partial charge in [-0.25, -0.2) is 0 Å². The minimum atomic E-state index is 0. The second kappa shape index (κ2) is 8.85. The van der Waals surface area contributed by atoms with Gasteiger partial charge in [-0.15, -0.1) is 12.4 Å². The zero-order chi connectivity index (χ0) is 13.7. The molecule has 1 saturated carbocycles. The maximum atomic E-state index is 12.4. The number of nitrogens with zero attached hydrogens (tertiary/aromatic N) is 2. The monoisotopic (exact) mass is 303 g/mol. The highest BCUT2D eigenvalue weighted by molar-refractivity contribution is 5.85. The standard InChI is InChI=1S/C15H29N3O.ClH/c1-13-6-3-4-7-14(13)17(2)15(19)12-18-10-5-8-16-9-11-18;/h13-14,16H,3-12H2,1-2H3;1H. The van der Waals surface area contributed by atoms with Crippen LogP contribution in [0, 0.1) is 5.92 Å². The molecule has 1 N–H and O–H groups in total. The Balaban J connectivity index is 0.00000200. The molecular weight excluding hydrogens is 274 g/mol. The summed E-state index contributed by atoms with van der Waals surface area (Å²) in [6, 6.07) is 0.464. The Bertz CT molecular complexity index is 293. The van der Waals surface area contributed by atoms with E-state index >= 15 is 0 Å². The van der Waals surface area contributed by atoms with E-state index in [1.54, 1.807) is 0 Å². The number of carbonyl (C=O) groups is 1. The van der Waals surface area contributed by atoms with Gasteiger partial charge in [-0.05, 0) is 38.3 Å². The van der Waals surface area contributed by atoms with Crippen LogP contribution in [-0.4, -0.2) is 61.5 Å². The van der Waals surface area contributed by atoms with E-state index in [0.29, 0.717) is 24.4 Å². The lowest BCUT2D eigenvalue weighted by atomic mass is 9.85. The van der Waals surface area contributed by atoms with Crippen LogP contribution in [0.4, 0.5) is 0 Å². The van der Waals surface area contributed by atoms with Crippen molar-refractivity contribution < 1.29 is 4.79 Å². The van der Waals surface area contributed by atoms with Gasteiger partial charge in [-0.3, -0.25) is 9.69 Å². The molecule has 0 spiro atoms. The maximum Gasteiger partial charge on any atom is 0.236 e. The molecule has 0 aromatic heterocycles. The highest BCUT2D eigenvalue weighted by Gasteiger charge is 2.28. The van der Waals surface area contributed by atoms with Crippen LogP contribution in [0.5, 0.6) is 0 Å². The van der Waals surface area contributed by atoms with Crippen molar-refractivity contribution in [1.29, 1.82) is 0 Å². The van der Waals surface area contributed by atoms with Crippen LogP contribution < -0.4 is 5.32 Å². The van der Waals surface area contributed by atoms with E-state index in [2.05, 4.69) is 17.1 Å². The molecule has 2 rings (SSSR count). The molecule has 4 nitrogen and oxygen atoms in total. The van der Waals surface area contributed by atoms with E-state index in [0.717, 1.165) is 32.6 Å². The summed E-state index contributed by atoms with van der Waals surface area (Å²) in [6.07, 6.45) is 6.22. The summed E-state index contributed by atoms with van der Waals surface area (Å²) < 4.78 is 0. The molecule has 2 atom stereocenters. The van der Waals surface area contributed by atoms with Crippen molar-refractivity contribution in [2.45, 2.75) is 45.1 Å². The molecule has 1 aliphatic heterocycles. The molecule has 1 heterocycles. The maximum absolute atomic E-state index is 12.4. The van der Waals surface area contributed by atoms with Crippen LogP contribution in [0.15, 0.2) is 0 Å². The second-order valence-electron chi connectivity index (χ2n) is 6.21. The molecule has 1 aliphatic carbocycles. The van der Waals surface area contributed by atoms with Gasteiger partial charge in [0.15, 0.2) is 0 Å². The van der Waals surface area contributed by atoms with Gasteiger partial charge in [0.2, 0.25) is 5.91 Å². The molecule has 0 bridgehead atoms. The molecule has 20 heavy (non-hydrogen) atoms. The first-order valence-electron chi connectivity index (χ1n) is 7.87. The number of amides is 1. The Morgan fingerprint density at radius 3 is 2.70 bits per heavy atom. The molecule has 0 aromatic carbocycles. The third-order valence-corrected chi connectivity index (χ3v) is 4.75. The molecule has 1 amide bonds. The number of hydrogen-bond donors (Lipinski definition) is 1. The SMILES string of the molecule is CC1CCCCC1N(C)C(=O)CN1CCCNCC1.Cl. The van der Waals surface area contributed by atoms with E-state index in [9.17, 15) is 4.79 Å². The first-order chi connectivity index (χ1) is 9.18. The third kappa shape index (κ3) is 4.90. The zero-order valence-electron chi connectivity index (χ0n) is 12.9. The van der Waals surface area contributed by atoms with Crippen LogP contribution >= 0.6 is 12.4 Å².